The Morgan fingerprint density at radius 1 is 1.43 bits per heavy atom. The summed E-state index contributed by atoms with van der Waals surface area (Å²) in [7, 11) is 1.76. The molecule has 0 aliphatic carbocycles. The summed E-state index contributed by atoms with van der Waals surface area (Å²) < 4.78 is 1.58. The third-order valence-electron chi connectivity index (χ3n) is 2.90. The molecule has 0 saturated carbocycles. The van der Waals surface area contributed by atoms with Crippen LogP contribution in [0.15, 0.2) is 30.5 Å². The molecule has 21 heavy (non-hydrogen) atoms. The molecule has 108 valence electrons. The van der Waals surface area contributed by atoms with Crippen LogP contribution in [0.4, 0.5) is 5.69 Å². The van der Waals surface area contributed by atoms with Crippen molar-refractivity contribution in [1.29, 1.82) is 0 Å². The Hall–Kier alpha value is -2.58. The molecule has 0 aliphatic rings. The number of amides is 1. The topological polar surface area (TPSA) is 67.2 Å². The molecule has 2 rings (SSSR count). The maximum atomic E-state index is 12.0. The first-order valence-electron chi connectivity index (χ1n) is 6.61. The molecule has 1 aromatic carbocycles. The van der Waals surface area contributed by atoms with Gasteiger partial charge in [0.1, 0.15) is 0 Å². The predicted octanol–water partition coefficient (Wildman–Crippen LogP) is 1.71. The molecular formula is C16H17N3O2. The number of aromatic nitrogens is 2. The fourth-order valence-electron chi connectivity index (χ4n) is 1.78. The lowest BCUT2D eigenvalue weighted by Crippen LogP contribution is -2.13. The molecule has 0 saturated heterocycles. The predicted molar refractivity (Wildman–Crippen MR) is 80.9 cm³/mol. The van der Waals surface area contributed by atoms with Crippen LogP contribution in [0.25, 0.3) is 0 Å². The standard InChI is InChI=1S/C16H17N3O2/c1-12-6-7-14(11-13(12)5-3-4-10-20)17-16(21)15-8-9-19(2)18-15/h6-9,11,20H,4,10H2,1-2H3,(H,17,21). The monoisotopic (exact) mass is 283 g/mol. The van der Waals surface area contributed by atoms with Crippen molar-refractivity contribution in [2.24, 2.45) is 7.05 Å². The molecule has 2 N–H and O–H groups in total. The van der Waals surface area contributed by atoms with Gasteiger partial charge in [0, 0.05) is 30.9 Å². The number of anilines is 1. The van der Waals surface area contributed by atoms with E-state index < -0.39 is 0 Å². The molecule has 1 amide bonds. The number of benzene rings is 1. The van der Waals surface area contributed by atoms with Crippen LogP contribution in [0.3, 0.4) is 0 Å². The van der Waals surface area contributed by atoms with E-state index in [1.54, 1.807) is 24.0 Å². The highest BCUT2D eigenvalue weighted by atomic mass is 16.2. The van der Waals surface area contributed by atoms with Gasteiger partial charge in [0.2, 0.25) is 0 Å². The summed E-state index contributed by atoms with van der Waals surface area (Å²) in [5.74, 6) is 5.61. The Balaban J connectivity index is 2.16. The molecule has 1 aromatic heterocycles. The lowest BCUT2D eigenvalue weighted by Gasteiger charge is -2.05. The summed E-state index contributed by atoms with van der Waals surface area (Å²) in [6.45, 7) is 2.00. The SMILES string of the molecule is Cc1ccc(NC(=O)c2ccn(C)n2)cc1C#CCCO. The van der Waals surface area contributed by atoms with Gasteiger partial charge in [-0.3, -0.25) is 9.48 Å². The van der Waals surface area contributed by atoms with Crippen molar-refractivity contribution in [3.8, 4) is 11.8 Å². The molecule has 5 heteroatoms. The average Bonchev–Trinajstić information content (AvgIpc) is 2.89. The molecule has 0 spiro atoms. The molecule has 0 fully saturated rings. The first kappa shape index (κ1) is 14.8. The molecule has 2 aromatic rings. The van der Waals surface area contributed by atoms with E-state index in [0.29, 0.717) is 17.8 Å². The summed E-state index contributed by atoms with van der Waals surface area (Å²) in [5.41, 5.74) is 2.90. The number of nitrogens with one attached hydrogen (secondary N) is 1. The first-order chi connectivity index (χ1) is 10.1. The molecule has 0 aliphatic heterocycles. The van der Waals surface area contributed by atoms with E-state index in [9.17, 15) is 4.79 Å². The van der Waals surface area contributed by atoms with Gasteiger partial charge in [-0.25, -0.2) is 0 Å². The zero-order valence-corrected chi connectivity index (χ0v) is 12.1. The number of carbonyl (C=O) groups is 1. The fraction of sp³-hybridized carbons (Fsp3) is 0.250. The van der Waals surface area contributed by atoms with Gasteiger partial charge in [-0.1, -0.05) is 17.9 Å². The number of hydrogen-bond donors (Lipinski definition) is 2. The Morgan fingerprint density at radius 3 is 2.90 bits per heavy atom. The fourth-order valence-corrected chi connectivity index (χ4v) is 1.78. The zero-order chi connectivity index (χ0) is 15.2. The van der Waals surface area contributed by atoms with Gasteiger partial charge in [0.25, 0.3) is 5.91 Å². The van der Waals surface area contributed by atoms with Gasteiger partial charge in [0.05, 0.1) is 6.61 Å². The number of aliphatic hydroxyl groups excluding tert-OH is 1. The number of aliphatic hydroxyl groups is 1. The molecule has 0 unspecified atom stereocenters. The third kappa shape index (κ3) is 3.94. The van der Waals surface area contributed by atoms with E-state index in [4.69, 9.17) is 5.11 Å². The Labute approximate surface area is 123 Å². The normalized spacial score (nSPS) is 9.86. The van der Waals surface area contributed by atoms with E-state index in [1.807, 2.05) is 25.1 Å². The number of rotatable bonds is 3. The average molecular weight is 283 g/mol. The van der Waals surface area contributed by atoms with E-state index in [2.05, 4.69) is 22.3 Å². The summed E-state index contributed by atoms with van der Waals surface area (Å²) in [6, 6.07) is 7.20. The van der Waals surface area contributed by atoms with Gasteiger partial charge >= 0.3 is 0 Å². The van der Waals surface area contributed by atoms with Crippen molar-refractivity contribution in [1.82, 2.24) is 9.78 Å². The van der Waals surface area contributed by atoms with Gasteiger partial charge in [-0.15, -0.1) is 0 Å². The second-order valence-corrected chi connectivity index (χ2v) is 4.63. The minimum Gasteiger partial charge on any atom is -0.395 e. The zero-order valence-electron chi connectivity index (χ0n) is 12.1. The van der Waals surface area contributed by atoms with Crippen LogP contribution in [0.5, 0.6) is 0 Å². The molecule has 5 nitrogen and oxygen atoms in total. The third-order valence-corrected chi connectivity index (χ3v) is 2.90. The van der Waals surface area contributed by atoms with Gasteiger partial charge in [-0.2, -0.15) is 5.10 Å². The van der Waals surface area contributed by atoms with Crippen molar-refractivity contribution < 1.29 is 9.90 Å². The van der Waals surface area contributed by atoms with Crippen molar-refractivity contribution >= 4 is 11.6 Å². The number of carbonyl (C=O) groups excluding carboxylic acids is 1. The molecular weight excluding hydrogens is 266 g/mol. The number of hydrogen-bond acceptors (Lipinski definition) is 3. The van der Waals surface area contributed by atoms with E-state index in [-0.39, 0.29) is 12.5 Å². The lowest BCUT2D eigenvalue weighted by atomic mass is 10.1. The van der Waals surface area contributed by atoms with Crippen LogP contribution in [0, 0.1) is 18.8 Å². The Bertz CT molecular complexity index is 708. The van der Waals surface area contributed by atoms with Crippen LogP contribution < -0.4 is 5.32 Å². The number of aryl methyl sites for hydroxylation is 2. The summed E-state index contributed by atoms with van der Waals surface area (Å²) in [6.07, 6.45) is 2.15. The quantitative estimate of drug-likeness (QED) is 0.843. The van der Waals surface area contributed by atoms with Gasteiger partial charge < -0.3 is 10.4 Å². The largest absolute Gasteiger partial charge is 0.395 e. The highest BCUT2D eigenvalue weighted by molar-refractivity contribution is 6.02. The Morgan fingerprint density at radius 2 is 2.24 bits per heavy atom. The smallest absolute Gasteiger partial charge is 0.276 e. The summed E-state index contributed by atoms with van der Waals surface area (Å²) in [4.78, 5) is 12.0. The summed E-state index contributed by atoms with van der Waals surface area (Å²) >= 11 is 0. The van der Waals surface area contributed by atoms with Crippen LogP contribution in [0.2, 0.25) is 0 Å². The van der Waals surface area contributed by atoms with Crippen LogP contribution in [0.1, 0.15) is 28.0 Å². The first-order valence-corrected chi connectivity index (χ1v) is 6.61. The Kier molecular flexibility index (Phi) is 4.75. The molecule has 0 radical (unpaired) electrons. The van der Waals surface area contributed by atoms with E-state index in [1.165, 1.54) is 0 Å². The number of nitrogens with zero attached hydrogens (tertiary/aromatic N) is 2. The van der Waals surface area contributed by atoms with Gasteiger partial charge in [-0.05, 0) is 30.7 Å². The van der Waals surface area contributed by atoms with Crippen LogP contribution in [-0.2, 0) is 7.05 Å². The van der Waals surface area contributed by atoms with Crippen molar-refractivity contribution in [3.05, 3.63) is 47.3 Å². The lowest BCUT2D eigenvalue weighted by molar-refractivity contribution is 0.102. The second kappa shape index (κ2) is 6.73. The van der Waals surface area contributed by atoms with Crippen molar-refractivity contribution in [2.45, 2.75) is 13.3 Å². The van der Waals surface area contributed by atoms with E-state index >= 15 is 0 Å². The van der Waals surface area contributed by atoms with Gasteiger partial charge in [0.15, 0.2) is 5.69 Å². The highest BCUT2D eigenvalue weighted by Gasteiger charge is 2.09. The van der Waals surface area contributed by atoms with Crippen LogP contribution in [-0.4, -0.2) is 27.4 Å². The minimum absolute atomic E-state index is 0.0438. The van der Waals surface area contributed by atoms with Crippen molar-refractivity contribution in [2.75, 3.05) is 11.9 Å². The van der Waals surface area contributed by atoms with Crippen molar-refractivity contribution in [3.63, 3.8) is 0 Å². The molecule has 1 heterocycles. The maximum absolute atomic E-state index is 12.0. The molecule has 0 bridgehead atoms. The van der Waals surface area contributed by atoms with E-state index in [0.717, 1.165) is 11.1 Å². The summed E-state index contributed by atoms with van der Waals surface area (Å²) in [5, 5.41) is 15.6. The minimum atomic E-state index is -0.256. The van der Waals surface area contributed by atoms with Crippen LogP contribution >= 0.6 is 0 Å². The second-order valence-electron chi connectivity index (χ2n) is 4.63. The highest BCUT2D eigenvalue weighted by Crippen LogP contribution is 2.15. The molecule has 0 atom stereocenters. The maximum Gasteiger partial charge on any atom is 0.276 e.